The van der Waals surface area contributed by atoms with Crippen LogP contribution in [-0.4, -0.2) is 25.5 Å². The summed E-state index contributed by atoms with van der Waals surface area (Å²) >= 11 is 1.20. The number of anilines is 1. The Bertz CT molecular complexity index is 996. The van der Waals surface area contributed by atoms with Gasteiger partial charge in [-0.2, -0.15) is 0 Å². The molecule has 0 atom stereocenters. The summed E-state index contributed by atoms with van der Waals surface area (Å²) in [4.78, 5) is 12.8. The van der Waals surface area contributed by atoms with Crippen molar-refractivity contribution in [1.82, 2.24) is 9.88 Å². The first-order valence-corrected chi connectivity index (χ1v) is 11.8. The Labute approximate surface area is 168 Å². The maximum atomic E-state index is 12.5. The van der Waals surface area contributed by atoms with Crippen molar-refractivity contribution in [3.05, 3.63) is 28.5 Å². The van der Waals surface area contributed by atoms with Crippen molar-refractivity contribution in [3.8, 4) is 0 Å². The van der Waals surface area contributed by atoms with E-state index in [1.165, 1.54) is 11.3 Å². The van der Waals surface area contributed by atoms with Crippen LogP contribution in [0.15, 0.2) is 20.9 Å². The smallest absolute Gasteiger partial charge is 0.250 e. The van der Waals surface area contributed by atoms with Crippen LogP contribution in [0.2, 0.25) is 0 Å². The Morgan fingerprint density at radius 1 is 1.21 bits per heavy atom. The van der Waals surface area contributed by atoms with Gasteiger partial charge in [0.15, 0.2) is 5.76 Å². The van der Waals surface area contributed by atoms with Crippen molar-refractivity contribution in [2.75, 3.05) is 5.32 Å². The van der Waals surface area contributed by atoms with Crippen molar-refractivity contribution in [2.45, 2.75) is 55.7 Å². The molecule has 2 aromatic rings. The third-order valence-corrected chi connectivity index (χ3v) is 8.09. The van der Waals surface area contributed by atoms with E-state index in [9.17, 15) is 13.2 Å². The molecule has 2 heterocycles. The Kier molecular flexibility index (Phi) is 5.39. The Hall–Kier alpha value is -1.97. The number of amides is 1. The van der Waals surface area contributed by atoms with Crippen LogP contribution in [0.4, 0.5) is 5.69 Å². The second kappa shape index (κ2) is 7.81. The molecule has 0 unspecified atom stereocenters. The van der Waals surface area contributed by atoms with E-state index < -0.39 is 10.0 Å². The highest BCUT2D eigenvalue weighted by molar-refractivity contribution is 7.91. The number of sulfonamides is 1. The molecule has 2 N–H and O–H groups in total. The van der Waals surface area contributed by atoms with Crippen molar-refractivity contribution in [1.29, 1.82) is 0 Å². The second-order valence-corrected chi connectivity index (χ2v) is 10.4. The number of aromatic nitrogens is 1. The van der Waals surface area contributed by atoms with Crippen LogP contribution >= 0.6 is 11.3 Å². The maximum Gasteiger partial charge on any atom is 0.250 e. The summed E-state index contributed by atoms with van der Waals surface area (Å²) in [5, 5.41) is 6.80. The molecule has 4 rings (SSSR count). The summed E-state index contributed by atoms with van der Waals surface area (Å²) in [5.41, 5.74) is 1.18. The highest BCUT2D eigenvalue weighted by atomic mass is 32.2. The molecule has 1 amide bonds. The van der Waals surface area contributed by atoms with Crippen LogP contribution < -0.4 is 10.0 Å². The summed E-state index contributed by atoms with van der Waals surface area (Å²) in [6.45, 7) is 1.77. The lowest BCUT2D eigenvalue weighted by Crippen LogP contribution is -2.32. The van der Waals surface area contributed by atoms with Gasteiger partial charge >= 0.3 is 0 Å². The van der Waals surface area contributed by atoms with E-state index in [0.29, 0.717) is 21.4 Å². The Morgan fingerprint density at radius 2 is 1.96 bits per heavy atom. The minimum Gasteiger partial charge on any atom is -0.354 e. The standard InChI is InChI=1S/C19H23N3O4S2/c1-12-18(20-19(23)13-6-7-13)16(26-21-12)10-8-15-9-11-17(27-15)28(24,25)22-14-4-2-3-5-14/h8-11,13-14,22H,2-7H2,1H3,(H,20,23)/b10-8+. The van der Waals surface area contributed by atoms with Crippen LogP contribution in [0.1, 0.15) is 54.9 Å². The van der Waals surface area contributed by atoms with Crippen LogP contribution in [-0.2, 0) is 14.8 Å². The van der Waals surface area contributed by atoms with Gasteiger partial charge in [0, 0.05) is 16.8 Å². The van der Waals surface area contributed by atoms with E-state index in [1.807, 2.05) is 0 Å². The van der Waals surface area contributed by atoms with E-state index in [4.69, 9.17) is 4.52 Å². The number of carbonyl (C=O) groups is 1. The summed E-state index contributed by atoms with van der Waals surface area (Å²) in [6.07, 6.45) is 9.26. The molecule has 0 aromatic carbocycles. The van der Waals surface area contributed by atoms with Gasteiger partial charge in [-0.3, -0.25) is 4.79 Å². The fourth-order valence-electron chi connectivity index (χ4n) is 3.27. The zero-order valence-corrected chi connectivity index (χ0v) is 17.2. The maximum absolute atomic E-state index is 12.5. The normalized spacial score (nSPS) is 18.2. The van der Waals surface area contributed by atoms with Crippen molar-refractivity contribution in [3.63, 3.8) is 0 Å². The first-order chi connectivity index (χ1) is 13.4. The monoisotopic (exact) mass is 421 g/mol. The highest BCUT2D eigenvalue weighted by Gasteiger charge is 2.31. The molecule has 9 heteroatoms. The molecular formula is C19H23N3O4S2. The zero-order chi connectivity index (χ0) is 19.7. The van der Waals surface area contributed by atoms with Gasteiger partial charge in [-0.1, -0.05) is 18.0 Å². The molecule has 2 aliphatic carbocycles. The van der Waals surface area contributed by atoms with Gasteiger partial charge < -0.3 is 9.84 Å². The summed E-state index contributed by atoms with van der Waals surface area (Å²) in [5.74, 6) is 0.528. The van der Waals surface area contributed by atoms with Crippen LogP contribution in [0.25, 0.3) is 12.2 Å². The fourth-order valence-corrected chi connectivity index (χ4v) is 5.82. The first-order valence-electron chi connectivity index (χ1n) is 9.50. The molecule has 2 aliphatic rings. The van der Waals surface area contributed by atoms with Crippen LogP contribution in [0.3, 0.4) is 0 Å². The predicted octanol–water partition coefficient (Wildman–Crippen LogP) is 3.78. The van der Waals surface area contributed by atoms with Gasteiger partial charge in [-0.15, -0.1) is 11.3 Å². The second-order valence-electron chi connectivity index (χ2n) is 7.36. The molecule has 0 radical (unpaired) electrons. The van der Waals surface area contributed by atoms with Gasteiger partial charge in [0.25, 0.3) is 0 Å². The number of aryl methyl sites for hydroxylation is 1. The summed E-state index contributed by atoms with van der Waals surface area (Å²) in [7, 11) is -3.49. The SMILES string of the molecule is Cc1noc(/C=C/c2ccc(S(=O)(=O)NC3CCCC3)s2)c1NC(=O)C1CC1. The third kappa shape index (κ3) is 4.37. The van der Waals surface area contributed by atoms with Crippen molar-refractivity contribution >= 4 is 45.1 Å². The quantitative estimate of drug-likeness (QED) is 0.708. The average Bonchev–Trinajstić information content (AvgIpc) is 3.02. The lowest BCUT2D eigenvalue weighted by atomic mass is 10.2. The van der Waals surface area contributed by atoms with E-state index in [1.54, 1.807) is 31.2 Å². The number of carbonyl (C=O) groups excluding carboxylic acids is 1. The van der Waals surface area contributed by atoms with Gasteiger partial charge in [-0.05, 0) is 56.9 Å². The number of thiophene rings is 1. The lowest BCUT2D eigenvalue weighted by Gasteiger charge is -2.10. The minimum absolute atomic E-state index is 0.0107. The molecule has 2 fully saturated rings. The molecule has 7 nitrogen and oxygen atoms in total. The van der Waals surface area contributed by atoms with Gasteiger partial charge in [0.05, 0.1) is 0 Å². The minimum atomic E-state index is -3.49. The molecule has 0 spiro atoms. The first kappa shape index (κ1) is 19.4. The van der Waals surface area contributed by atoms with E-state index in [2.05, 4.69) is 15.2 Å². The molecular weight excluding hydrogens is 398 g/mol. The Morgan fingerprint density at radius 3 is 2.68 bits per heavy atom. The zero-order valence-electron chi connectivity index (χ0n) is 15.6. The van der Waals surface area contributed by atoms with Gasteiger partial charge in [-0.25, -0.2) is 13.1 Å². The number of nitrogens with zero attached hydrogens (tertiary/aromatic N) is 1. The van der Waals surface area contributed by atoms with Gasteiger partial charge in [0.1, 0.15) is 15.6 Å². The molecule has 0 saturated heterocycles. The summed E-state index contributed by atoms with van der Waals surface area (Å²) in [6, 6.07) is 3.42. The third-order valence-electron chi connectivity index (χ3n) is 5.03. The molecule has 2 saturated carbocycles. The molecule has 150 valence electrons. The molecule has 0 bridgehead atoms. The van der Waals surface area contributed by atoms with Gasteiger partial charge in [0.2, 0.25) is 15.9 Å². The van der Waals surface area contributed by atoms with Crippen molar-refractivity contribution < 1.29 is 17.7 Å². The van der Waals surface area contributed by atoms with E-state index >= 15 is 0 Å². The number of hydrogen-bond donors (Lipinski definition) is 2. The summed E-state index contributed by atoms with van der Waals surface area (Å²) < 4.78 is 33.4. The average molecular weight is 422 g/mol. The molecule has 0 aliphatic heterocycles. The predicted molar refractivity (Wildman–Crippen MR) is 108 cm³/mol. The fraction of sp³-hybridized carbons (Fsp3) is 0.474. The van der Waals surface area contributed by atoms with Crippen LogP contribution in [0.5, 0.6) is 0 Å². The largest absolute Gasteiger partial charge is 0.354 e. The van der Waals surface area contributed by atoms with Crippen LogP contribution in [0, 0.1) is 12.8 Å². The molecule has 28 heavy (non-hydrogen) atoms. The number of hydrogen-bond acceptors (Lipinski definition) is 6. The Balaban J connectivity index is 1.46. The number of rotatable bonds is 7. The van der Waals surface area contributed by atoms with E-state index in [0.717, 1.165) is 43.4 Å². The lowest BCUT2D eigenvalue weighted by molar-refractivity contribution is -0.117. The molecule has 2 aromatic heterocycles. The topological polar surface area (TPSA) is 101 Å². The number of nitrogens with one attached hydrogen (secondary N) is 2. The van der Waals surface area contributed by atoms with Crippen molar-refractivity contribution in [2.24, 2.45) is 5.92 Å². The van der Waals surface area contributed by atoms with E-state index in [-0.39, 0.29) is 17.9 Å². The highest BCUT2D eigenvalue weighted by Crippen LogP contribution is 2.32.